The number of nitrogens with zero attached hydrogens (tertiary/aromatic N) is 1. The SMILES string of the molecule is S=C(Nc1ccccc1)N(Cc1ccccc1)CC1CC1. The molecule has 1 aliphatic carbocycles. The topological polar surface area (TPSA) is 15.3 Å². The number of para-hydroxylation sites is 1. The van der Waals surface area contributed by atoms with Gasteiger partial charge < -0.3 is 10.2 Å². The zero-order chi connectivity index (χ0) is 14.5. The summed E-state index contributed by atoms with van der Waals surface area (Å²) < 4.78 is 0. The van der Waals surface area contributed by atoms with E-state index in [2.05, 4.69) is 40.5 Å². The lowest BCUT2D eigenvalue weighted by molar-refractivity contribution is 0.399. The summed E-state index contributed by atoms with van der Waals surface area (Å²) in [5.41, 5.74) is 2.35. The molecule has 21 heavy (non-hydrogen) atoms. The van der Waals surface area contributed by atoms with E-state index in [1.807, 2.05) is 30.3 Å². The summed E-state index contributed by atoms with van der Waals surface area (Å²) >= 11 is 5.62. The van der Waals surface area contributed by atoms with Crippen LogP contribution in [0.3, 0.4) is 0 Å². The molecule has 3 heteroatoms. The van der Waals surface area contributed by atoms with Crippen molar-refractivity contribution in [2.45, 2.75) is 19.4 Å². The van der Waals surface area contributed by atoms with Crippen molar-refractivity contribution in [1.29, 1.82) is 0 Å². The van der Waals surface area contributed by atoms with Crippen molar-refractivity contribution < 1.29 is 0 Å². The van der Waals surface area contributed by atoms with E-state index in [1.54, 1.807) is 0 Å². The van der Waals surface area contributed by atoms with Crippen molar-refractivity contribution in [3.8, 4) is 0 Å². The summed E-state index contributed by atoms with van der Waals surface area (Å²) in [7, 11) is 0. The Morgan fingerprint density at radius 3 is 2.24 bits per heavy atom. The molecule has 0 radical (unpaired) electrons. The Hall–Kier alpha value is -1.87. The van der Waals surface area contributed by atoms with E-state index in [9.17, 15) is 0 Å². The summed E-state index contributed by atoms with van der Waals surface area (Å²) in [6, 6.07) is 20.7. The first kappa shape index (κ1) is 14.1. The highest BCUT2D eigenvalue weighted by Gasteiger charge is 2.25. The number of anilines is 1. The molecular formula is C18H20N2S. The molecule has 0 heterocycles. The molecule has 2 aromatic carbocycles. The van der Waals surface area contributed by atoms with Gasteiger partial charge in [-0.25, -0.2) is 0 Å². The van der Waals surface area contributed by atoms with Crippen molar-refractivity contribution in [2.75, 3.05) is 11.9 Å². The molecule has 1 saturated carbocycles. The quantitative estimate of drug-likeness (QED) is 0.828. The Balaban J connectivity index is 1.67. The first-order chi connectivity index (χ1) is 10.3. The number of hydrogen-bond acceptors (Lipinski definition) is 1. The highest BCUT2D eigenvalue weighted by Crippen LogP contribution is 2.30. The smallest absolute Gasteiger partial charge is 0.173 e. The summed E-state index contributed by atoms with van der Waals surface area (Å²) in [6.07, 6.45) is 2.67. The molecular weight excluding hydrogens is 276 g/mol. The van der Waals surface area contributed by atoms with Gasteiger partial charge in [-0.2, -0.15) is 0 Å². The van der Waals surface area contributed by atoms with Crippen LogP contribution in [0.5, 0.6) is 0 Å². The lowest BCUT2D eigenvalue weighted by atomic mass is 10.2. The molecule has 108 valence electrons. The first-order valence-corrected chi connectivity index (χ1v) is 7.87. The van der Waals surface area contributed by atoms with E-state index in [-0.39, 0.29) is 0 Å². The first-order valence-electron chi connectivity index (χ1n) is 7.46. The van der Waals surface area contributed by atoms with Gasteiger partial charge in [0.15, 0.2) is 5.11 Å². The zero-order valence-corrected chi connectivity index (χ0v) is 12.9. The fraction of sp³-hybridized carbons (Fsp3) is 0.278. The molecule has 2 nitrogen and oxygen atoms in total. The average Bonchev–Trinajstić information content (AvgIpc) is 3.33. The number of rotatable bonds is 5. The zero-order valence-electron chi connectivity index (χ0n) is 12.0. The Morgan fingerprint density at radius 2 is 1.62 bits per heavy atom. The van der Waals surface area contributed by atoms with Crippen molar-refractivity contribution in [1.82, 2.24) is 4.90 Å². The standard InChI is InChI=1S/C18H20N2S/c21-18(19-17-9-5-2-6-10-17)20(14-16-11-12-16)13-15-7-3-1-4-8-15/h1-10,16H,11-14H2,(H,19,21). The van der Waals surface area contributed by atoms with E-state index in [4.69, 9.17) is 12.2 Å². The van der Waals surface area contributed by atoms with Crippen molar-refractivity contribution in [2.24, 2.45) is 5.92 Å². The summed E-state index contributed by atoms with van der Waals surface area (Å²) in [5.74, 6) is 0.809. The fourth-order valence-corrected chi connectivity index (χ4v) is 2.62. The minimum absolute atomic E-state index is 0.809. The van der Waals surface area contributed by atoms with E-state index in [1.165, 1.54) is 18.4 Å². The lowest BCUT2D eigenvalue weighted by Gasteiger charge is -2.26. The Morgan fingerprint density at radius 1 is 1.00 bits per heavy atom. The minimum Gasteiger partial charge on any atom is -0.344 e. The van der Waals surface area contributed by atoms with Crippen LogP contribution in [-0.4, -0.2) is 16.6 Å². The number of thiocarbonyl (C=S) groups is 1. The van der Waals surface area contributed by atoms with Crippen LogP contribution in [0, 0.1) is 5.92 Å². The molecule has 0 aliphatic heterocycles. The van der Waals surface area contributed by atoms with Crippen molar-refractivity contribution in [3.05, 3.63) is 66.2 Å². The molecule has 0 atom stereocenters. The molecule has 0 spiro atoms. The second kappa shape index (κ2) is 6.72. The van der Waals surface area contributed by atoms with Gasteiger partial charge in [0.2, 0.25) is 0 Å². The highest BCUT2D eigenvalue weighted by atomic mass is 32.1. The Labute approximate surface area is 131 Å². The van der Waals surface area contributed by atoms with Gasteiger partial charge in [-0.05, 0) is 48.7 Å². The third-order valence-corrected chi connectivity index (χ3v) is 4.06. The molecule has 2 aromatic rings. The Bertz CT molecular complexity index is 579. The predicted octanol–water partition coefficient (Wildman–Crippen LogP) is 4.30. The third-order valence-electron chi connectivity index (χ3n) is 3.70. The number of benzene rings is 2. The van der Waals surface area contributed by atoms with Crippen LogP contribution in [0.2, 0.25) is 0 Å². The molecule has 0 amide bonds. The summed E-state index contributed by atoms with van der Waals surface area (Å²) in [5, 5.41) is 4.17. The highest BCUT2D eigenvalue weighted by molar-refractivity contribution is 7.80. The molecule has 1 fully saturated rings. The predicted molar refractivity (Wildman–Crippen MR) is 92.2 cm³/mol. The van der Waals surface area contributed by atoms with Crippen LogP contribution in [0.25, 0.3) is 0 Å². The maximum Gasteiger partial charge on any atom is 0.173 e. The molecule has 3 rings (SSSR count). The summed E-state index contributed by atoms with van der Waals surface area (Å²) in [4.78, 5) is 2.29. The van der Waals surface area contributed by atoms with Gasteiger partial charge in [0.25, 0.3) is 0 Å². The van der Waals surface area contributed by atoms with E-state index in [0.717, 1.165) is 29.8 Å². The van der Waals surface area contributed by atoms with Gasteiger partial charge >= 0.3 is 0 Å². The minimum atomic E-state index is 0.809. The second-order valence-corrected chi connectivity index (χ2v) is 5.99. The van der Waals surface area contributed by atoms with Gasteiger partial charge in [0.1, 0.15) is 0 Å². The molecule has 0 bridgehead atoms. The van der Waals surface area contributed by atoms with Crippen LogP contribution < -0.4 is 5.32 Å². The van der Waals surface area contributed by atoms with Crippen molar-refractivity contribution in [3.63, 3.8) is 0 Å². The van der Waals surface area contributed by atoms with E-state index >= 15 is 0 Å². The van der Waals surface area contributed by atoms with Crippen molar-refractivity contribution >= 4 is 23.0 Å². The molecule has 1 aliphatic rings. The average molecular weight is 296 g/mol. The van der Waals surface area contributed by atoms with Crippen LogP contribution in [-0.2, 0) is 6.54 Å². The van der Waals surface area contributed by atoms with Crippen LogP contribution >= 0.6 is 12.2 Å². The van der Waals surface area contributed by atoms with E-state index in [0.29, 0.717) is 0 Å². The number of hydrogen-bond donors (Lipinski definition) is 1. The van der Waals surface area contributed by atoms with Gasteiger partial charge in [0, 0.05) is 18.8 Å². The normalized spacial score (nSPS) is 13.7. The van der Waals surface area contributed by atoms with Crippen LogP contribution in [0.1, 0.15) is 18.4 Å². The number of nitrogens with one attached hydrogen (secondary N) is 1. The molecule has 1 N–H and O–H groups in total. The van der Waals surface area contributed by atoms with E-state index < -0.39 is 0 Å². The molecule has 0 saturated heterocycles. The third kappa shape index (κ3) is 4.30. The largest absolute Gasteiger partial charge is 0.344 e. The van der Waals surface area contributed by atoms with Crippen LogP contribution in [0.15, 0.2) is 60.7 Å². The van der Waals surface area contributed by atoms with Gasteiger partial charge in [-0.15, -0.1) is 0 Å². The Kier molecular flexibility index (Phi) is 4.51. The molecule has 0 aromatic heterocycles. The van der Waals surface area contributed by atoms with Gasteiger partial charge in [-0.3, -0.25) is 0 Å². The second-order valence-electron chi connectivity index (χ2n) is 5.61. The lowest BCUT2D eigenvalue weighted by Crippen LogP contribution is -2.35. The van der Waals surface area contributed by atoms with Gasteiger partial charge in [-0.1, -0.05) is 48.5 Å². The maximum atomic E-state index is 5.62. The van der Waals surface area contributed by atoms with Crippen LogP contribution in [0.4, 0.5) is 5.69 Å². The maximum absolute atomic E-state index is 5.62. The summed E-state index contributed by atoms with van der Waals surface area (Å²) in [6.45, 7) is 1.92. The molecule has 0 unspecified atom stereocenters. The monoisotopic (exact) mass is 296 g/mol. The van der Waals surface area contributed by atoms with Gasteiger partial charge in [0.05, 0.1) is 0 Å². The fourth-order valence-electron chi connectivity index (χ4n) is 2.36.